The third-order valence-corrected chi connectivity index (χ3v) is 3.46. The van der Waals surface area contributed by atoms with Gasteiger partial charge in [0.05, 0.1) is 6.10 Å². The van der Waals surface area contributed by atoms with Crippen molar-refractivity contribution in [1.29, 1.82) is 0 Å². The van der Waals surface area contributed by atoms with Crippen LogP contribution >= 0.6 is 0 Å². The van der Waals surface area contributed by atoms with Gasteiger partial charge in [-0.3, -0.25) is 0 Å². The molecule has 110 valence electrons. The molecule has 2 aromatic carbocycles. The molecule has 1 aliphatic heterocycles. The van der Waals surface area contributed by atoms with Gasteiger partial charge in [-0.1, -0.05) is 30.3 Å². The van der Waals surface area contributed by atoms with Crippen LogP contribution in [0.1, 0.15) is 29.8 Å². The molecule has 2 unspecified atom stereocenters. The minimum atomic E-state index is -2.84. The van der Waals surface area contributed by atoms with E-state index in [0.29, 0.717) is 12.2 Å². The molecule has 3 rings (SSSR count). The second-order valence-electron chi connectivity index (χ2n) is 4.84. The molecule has 0 saturated heterocycles. The molecule has 0 spiro atoms. The smallest absolute Gasteiger partial charge is 0.387 e. The lowest BCUT2D eigenvalue weighted by atomic mass is 9.95. The molecule has 0 bridgehead atoms. The minimum Gasteiger partial charge on any atom is -0.485 e. The summed E-state index contributed by atoms with van der Waals surface area (Å²) in [4.78, 5) is 0. The molecule has 0 aliphatic carbocycles. The third kappa shape index (κ3) is 2.97. The molecule has 2 atom stereocenters. The SMILES string of the molecule is OC1CC(c2ccc(OC(F)F)cc2)Oc2ccccc21. The van der Waals surface area contributed by atoms with Crippen LogP contribution in [-0.4, -0.2) is 11.7 Å². The number of para-hydroxylation sites is 1. The lowest BCUT2D eigenvalue weighted by Crippen LogP contribution is -2.18. The fraction of sp³-hybridized carbons (Fsp3) is 0.250. The van der Waals surface area contributed by atoms with Crippen molar-refractivity contribution in [3.63, 3.8) is 0 Å². The number of benzene rings is 2. The molecule has 5 heteroatoms. The summed E-state index contributed by atoms with van der Waals surface area (Å²) < 4.78 is 34.4. The average Bonchev–Trinajstić information content (AvgIpc) is 2.47. The van der Waals surface area contributed by atoms with Gasteiger partial charge in [-0.05, 0) is 23.8 Å². The Morgan fingerprint density at radius 2 is 1.81 bits per heavy atom. The minimum absolute atomic E-state index is 0.102. The quantitative estimate of drug-likeness (QED) is 0.934. The van der Waals surface area contributed by atoms with Crippen LogP contribution in [0.4, 0.5) is 8.78 Å². The van der Waals surface area contributed by atoms with Crippen molar-refractivity contribution in [2.75, 3.05) is 0 Å². The molecule has 0 aromatic heterocycles. The van der Waals surface area contributed by atoms with E-state index >= 15 is 0 Å². The van der Waals surface area contributed by atoms with Crippen molar-refractivity contribution in [2.24, 2.45) is 0 Å². The van der Waals surface area contributed by atoms with Gasteiger partial charge in [-0.2, -0.15) is 8.78 Å². The zero-order chi connectivity index (χ0) is 14.8. The van der Waals surface area contributed by atoms with E-state index in [1.54, 1.807) is 18.2 Å². The van der Waals surface area contributed by atoms with Crippen LogP contribution in [0, 0.1) is 0 Å². The first-order valence-corrected chi connectivity index (χ1v) is 6.62. The van der Waals surface area contributed by atoms with E-state index in [1.807, 2.05) is 18.2 Å². The Labute approximate surface area is 120 Å². The van der Waals surface area contributed by atoms with Crippen LogP contribution in [-0.2, 0) is 0 Å². The van der Waals surface area contributed by atoms with Crippen LogP contribution in [0.3, 0.4) is 0 Å². The van der Waals surface area contributed by atoms with Gasteiger partial charge in [-0.25, -0.2) is 0 Å². The van der Waals surface area contributed by atoms with E-state index < -0.39 is 12.7 Å². The first kappa shape index (κ1) is 13.8. The Morgan fingerprint density at radius 1 is 1.10 bits per heavy atom. The molecule has 1 aliphatic rings. The lowest BCUT2D eigenvalue weighted by molar-refractivity contribution is -0.0498. The summed E-state index contributed by atoms with van der Waals surface area (Å²) >= 11 is 0. The molecule has 0 radical (unpaired) electrons. The zero-order valence-electron chi connectivity index (χ0n) is 11.1. The highest BCUT2D eigenvalue weighted by molar-refractivity contribution is 5.39. The van der Waals surface area contributed by atoms with Crippen molar-refractivity contribution in [1.82, 2.24) is 0 Å². The molecule has 0 amide bonds. The second-order valence-corrected chi connectivity index (χ2v) is 4.84. The largest absolute Gasteiger partial charge is 0.485 e. The van der Waals surface area contributed by atoms with Crippen molar-refractivity contribution < 1.29 is 23.4 Å². The lowest BCUT2D eigenvalue weighted by Gasteiger charge is -2.29. The Balaban J connectivity index is 1.79. The number of hydrogen-bond donors (Lipinski definition) is 1. The summed E-state index contributed by atoms with van der Waals surface area (Å²) in [5.41, 5.74) is 1.58. The molecule has 1 N–H and O–H groups in total. The Hall–Kier alpha value is -2.14. The molecule has 21 heavy (non-hydrogen) atoms. The molecule has 1 heterocycles. The summed E-state index contributed by atoms with van der Waals surface area (Å²) in [6, 6.07) is 13.6. The van der Waals surface area contributed by atoms with Crippen molar-refractivity contribution in [3.8, 4) is 11.5 Å². The number of alkyl halides is 2. The van der Waals surface area contributed by atoms with Crippen molar-refractivity contribution >= 4 is 0 Å². The zero-order valence-corrected chi connectivity index (χ0v) is 11.1. The molecule has 3 nitrogen and oxygen atoms in total. The predicted octanol–water partition coefficient (Wildman–Crippen LogP) is 3.85. The van der Waals surface area contributed by atoms with Crippen LogP contribution in [0.2, 0.25) is 0 Å². The van der Waals surface area contributed by atoms with Gasteiger partial charge in [-0.15, -0.1) is 0 Å². The Kier molecular flexibility index (Phi) is 3.75. The molecular formula is C16H14F2O3. The fourth-order valence-corrected chi connectivity index (χ4v) is 2.46. The summed E-state index contributed by atoms with van der Waals surface area (Å²) in [5.74, 6) is 0.750. The van der Waals surface area contributed by atoms with Gasteiger partial charge in [0.1, 0.15) is 17.6 Å². The van der Waals surface area contributed by atoms with Gasteiger partial charge < -0.3 is 14.6 Å². The first-order valence-electron chi connectivity index (χ1n) is 6.62. The maximum absolute atomic E-state index is 12.1. The molecule has 2 aromatic rings. The maximum Gasteiger partial charge on any atom is 0.387 e. The summed E-state index contributed by atoms with van der Waals surface area (Å²) in [7, 11) is 0. The molecule has 0 saturated carbocycles. The van der Waals surface area contributed by atoms with Gasteiger partial charge >= 0.3 is 6.61 Å². The first-order chi connectivity index (χ1) is 10.1. The topological polar surface area (TPSA) is 38.7 Å². The predicted molar refractivity (Wildman–Crippen MR) is 72.5 cm³/mol. The standard InChI is InChI=1S/C16H14F2O3/c17-16(18)20-11-7-5-10(6-8-11)15-9-13(19)12-3-1-2-4-14(12)21-15/h1-8,13,15-16,19H,9H2. The van der Waals surface area contributed by atoms with Gasteiger partial charge in [0.25, 0.3) is 0 Å². The number of ether oxygens (including phenoxy) is 2. The molecule has 0 fully saturated rings. The van der Waals surface area contributed by atoms with Crippen molar-refractivity contribution in [3.05, 3.63) is 59.7 Å². The van der Waals surface area contributed by atoms with Crippen molar-refractivity contribution in [2.45, 2.75) is 25.2 Å². The van der Waals surface area contributed by atoms with Gasteiger partial charge in [0.2, 0.25) is 0 Å². The van der Waals surface area contributed by atoms with E-state index in [4.69, 9.17) is 4.74 Å². The number of fused-ring (bicyclic) bond motifs is 1. The Morgan fingerprint density at radius 3 is 2.52 bits per heavy atom. The monoisotopic (exact) mass is 292 g/mol. The number of hydrogen-bond acceptors (Lipinski definition) is 3. The normalized spacial score (nSPS) is 20.8. The van der Waals surface area contributed by atoms with E-state index in [2.05, 4.69) is 4.74 Å². The number of aliphatic hydroxyl groups is 1. The van der Waals surface area contributed by atoms with Gasteiger partial charge in [0.15, 0.2) is 0 Å². The van der Waals surface area contributed by atoms with E-state index in [0.717, 1.165) is 11.1 Å². The van der Waals surface area contributed by atoms with E-state index in [9.17, 15) is 13.9 Å². The average molecular weight is 292 g/mol. The van der Waals surface area contributed by atoms with E-state index in [1.165, 1.54) is 12.1 Å². The Bertz CT molecular complexity index is 613. The summed E-state index contributed by atoms with van der Waals surface area (Å²) in [6.07, 6.45) is -0.487. The number of rotatable bonds is 3. The highest BCUT2D eigenvalue weighted by Gasteiger charge is 2.27. The highest BCUT2D eigenvalue weighted by atomic mass is 19.3. The number of halogens is 2. The maximum atomic E-state index is 12.1. The summed E-state index contributed by atoms with van der Waals surface area (Å²) in [6.45, 7) is -2.84. The highest BCUT2D eigenvalue weighted by Crippen LogP contribution is 2.40. The number of aliphatic hydroxyl groups excluding tert-OH is 1. The third-order valence-electron chi connectivity index (χ3n) is 3.46. The second kappa shape index (κ2) is 5.69. The fourth-order valence-electron chi connectivity index (χ4n) is 2.46. The van der Waals surface area contributed by atoms with Gasteiger partial charge in [0, 0.05) is 12.0 Å². The van der Waals surface area contributed by atoms with Crippen LogP contribution in [0.5, 0.6) is 11.5 Å². The van der Waals surface area contributed by atoms with E-state index in [-0.39, 0.29) is 11.9 Å². The van der Waals surface area contributed by atoms with Crippen LogP contribution in [0.15, 0.2) is 48.5 Å². The molecular weight excluding hydrogens is 278 g/mol. The van der Waals surface area contributed by atoms with Crippen LogP contribution in [0.25, 0.3) is 0 Å². The van der Waals surface area contributed by atoms with Crippen LogP contribution < -0.4 is 9.47 Å². The summed E-state index contributed by atoms with van der Waals surface area (Å²) in [5, 5.41) is 10.2.